The van der Waals surface area contributed by atoms with E-state index in [0.29, 0.717) is 0 Å². The second-order valence-corrected chi connectivity index (χ2v) is 4.31. The molecule has 0 saturated heterocycles. The van der Waals surface area contributed by atoms with Crippen LogP contribution in [-0.4, -0.2) is 8.17 Å². The molecular weight excluding hydrogens is 229 g/mol. The van der Waals surface area contributed by atoms with Crippen LogP contribution in [-0.2, 0) is 23.7 Å². The minimum atomic E-state index is -1.36. The fraction of sp³-hybridized carbons (Fsp3) is 0. The molecule has 3 heteroatoms. The number of hydrogen-bond donors (Lipinski definition) is 1. The zero-order chi connectivity index (χ0) is 8.39. The van der Waals surface area contributed by atoms with Gasteiger partial charge in [-0.3, -0.25) is 0 Å². The molecule has 58 valence electrons. The van der Waals surface area contributed by atoms with E-state index in [1.54, 1.807) is 0 Å². The molecule has 0 radical (unpaired) electrons. The Kier molecular flexibility index (Phi) is 2.33. The molecule has 0 aliphatic rings. The zero-order valence-corrected chi connectivity index (χ0v) is 8.82. The first-order chi connectivity index (χ1) is 5.90. The Labute approximate surface area is 82.4 Å². The van der Waals surface area contributed by atoms with Crippen molar-refractivity contribution >= 4 is 14.3 Å². The van der Waals surface area contributed by atoms with Crippen LogP contribution in [0.3, 0.4) is 0 Å². The predicted octanol–water partition coefficient (Wildman–Crippen LogP) is 0.850. The molecule has 12 heavy (non-hydrogen) atoms. The summed E-state index contributed by atoms with van der Waals surface area (Å²) in [6.07, 6.45) is 0. The van der Waals surface area contributed by atoms with Crippen molar-refractivity contribution in [3.05, 3.63) is 36.4 Å². The first-order valence-corrected chi connectivity index (χ1v) is 5.99. The van der Waals surface area contributed by atoms with Crippen molar-refractivity contribution in [1.82, 2.24) is 4.98 Å². The number of rotatable bonds is 1. The molecule has 0 aliphatic carbocycles. The van der Waals surface area contributed by atoms with Gasteiger partial charge in [0.2, 0.25) is 0 Å². The van der Waals surface area contributed by atoms with Gasteiger partial charge in [-0.1, -0.05) is 0 Å². The molecule has 1 N–H and O–H groups in total. The van der Waals surface area contributed by atoms with E-state index in [9.17, 15) is 0 Å². The van der Waals surface area contributed by atoms with Crippen molar-refractivity contribution in [3.8, 4) is 0 Å². The van der Waals surface area contributed by atoms with Gasteiger partial charge in [-0.15, -0.1) is 0 Å². The number of pyridine rings is 1. The zero-order valence-electron chi connectivity index (χ0n) is 6.36. The van der Waals surface area contributed by atoms with Gasteiger partial charge in [0.15, 0.2) is 0 Å². The molecule has 1 heterocycles. The standard InChI is InChI=1S/C9H6N.H2O.Zr/c1-2-6-9-8(4-1)5-3-7-10-9;;/h1-6H;1H2;/q;;+1/p-1. The van der Waals surface area contributed by atoms with E-state index in [-0.39, 0.29) is 0 Å². The molecule has 0 amide bonds. The maximum absolute atomic E-state index is 9.00. The summed E-state index contributed by atoms with van der Waals surface area (Å²) in [6, 6.07) is 11.9. The van der Waals surface area contributed by atoms with Gasteiger partial charge in [0.1, 0.15) is 0 Å². The Morgan fingerprint density at radius 1 is 1.08 bits per heavy atom. The van der Waals surface area contributed by atoms with Crippen molar-refractivity contribution in [3.63, 3.8) is 0 Å². The van der Waals surface area contributed by atoms with Crippen LogP contribution in [0.2, 0.25) is 0 Å². The van der Waals surface area contributed by atoms with Crippen LogP contribution < -0.4 is 3.40 Å². The number of hydrogen-bond acceptors (Lipinski definition) is 2. The van der Waals surface area contributed by atoms with E-state index >= 15 is 0 Å². The third-order valence-corrected chi connectivity index (χ3v) is 2.96. The molecule has 0 bridgehead atoms. The summed E-state index contributed by atoms with van der Waals surface area (Å²) in [5.41, 5.74) is 0.977. The summed E-state index contributed by atoms with van der Waals surface area (Å²) < 4.78 is 9.89. The van der Waals surface area contributed by atoms with E-state index in [1.165, 1.54) is 0 Å². The number of aromatic nitrogens is 1. The molecule has 0 saturated carbocycles. The van der Waals surface area contributed by atoms with Gasteiger partial charge < -0.3 is 0 Å². The van der Waals surface area contributed by atoms with E-state index < -0.39 is 23.7 Å². The van der Waals surface area contributed by atoms with Gasteiger partial charge in [-0.2, -0.15) is 0 Å². The van der Waals surface area contributed by atoms with Gasteiger partial charge in [0.05, 0.1) is 0 Å². The topological polar surface area (TPSA) is 33.1 Å². The Morgan fingerprint density at radius 3 is 2.75 bits per heavy atom. The van der Waals surface area contributed by atoms with E-state index in [2.05, 4.69) is 4.98 Å². The minimum absolute atomic E-state index is 0.886. The fourth-order valence-electron chi connectivity index (χ4n) is 1.13. The molecule has 2 rings (SSSR count). The van der Waals surface area contributed by atoms with E-state index in [4.69, 9.17) is 3.18 Å². The normalized spacial score (nSPS) is 10.1. The second-order valence-electron chi connectivity index (χ2n) is 2.50. The first-order valence-electron chi connectivity index (χ1n) is 3.66. The average Bonchev–Trinajstić information content (AvgIpc) is 2.17. The molecule has 1 aromatic heterocycles. The molecular formula is C9H7NOZr. The second kappa shape index (κ2) is 3.46. The van der Waals surface area contributed by atoms with Crippen LogP contribution >= 0.6 is 0 Å². The summed E-state index contributed by atoms with van der Waals surface area (Å²) >= 11 is -1.36. The SMILES string of the molecule is [OH][Zr][c]1ccc2ccccc2n1. The van der Waals surface area contributed by atoms with Crippen molar-refractivity contribution in [1.29, 1.82) is 0 Å². The summed E-state index contributed by atoms with van der Waals surface area (Å²) in [5, 5.41) is 1.13. The van der Waals surface area contributed by atoms with Crippen LogP contribution in [0, 0.1) is 0 Å². The molecule has 0 spiro atoms. The molecule has 0 unspecified atom stereocenters. The van der Waals surface area contributed by atoms with Crippen LogP contribution in [0.1, 0.15) is 0 Å². The fourth-order valence-corrected chi connectivity index (χ4v) is 1.94. The summed E-state index contributed by atoms with van der Waals surface area (Å²) in [6.45, 7) is 0. The van der Waals surface area contributed by atoms with E-state index in [0.717, 1.165) is 14.3 Å². The maximum atomic E-state index is 9.00. The molecule has 0 fully saturated rings. The van der Waals surface area contributed by atoms with Gasteiger partial charge in [-0.25, -0.2) is 0 Å². The molecule has 2 nitrogen and oxygen atoms in total. The summed E-state index contributed by atoms with van der Waals surface area (Å²) in [7, 11) is 0. The third kappa shape index (κ3) is 1.47. The van der Waals surface area contributed by atoms with Crippen LogP contribution in [0.4, 0.5) is 0 Å². The number of benzene rings is 1. The van der Waals surface area contributed by atoms with Gasteiger partial charge in [-0.05, 0) is 0 Å². The summed E-state index contributed by atoms with van der Waals surface area (Å²) in [4.78, 5) is 4.32. The molecule has 0 atom stereocenters. The quantitative estimate of drug-likeness (QED) is 0.796. The Balaban J connectivity index is 2.67. The number of fused-ring (bicyclic) bond motifs is 1. The number of nitrogens with zero attached hydrogens (tertiary/aromatic N) is 1. The van der Waals surface area contributed by atoms with Crippen LogP contribution in [0.5, 0.6) is 0 Å². The molecule has 0 aliphatic heterocycles. The molecule has 1 aromatic carbocycles. The monoisotopic (exact) mass is 235 g/mol. The average molecular weight is 236 g/mol. The van der Waals surface area contributed by atoms with E-state index in [1.807, 2.05) is 36.4 Å². The van der Waals surface area contributed by atoms with Crippen molar-refractivity contribution in [2.75, 3.05) is 0 Å². The number of para-hydroxylation sites is 1. The van der Waals surface area contributed by atoms with Gasteiger partial charge >= 0.3 is 82.5 Å². The van der Waals surface area contributed by atoms with Crippen molar-refractivity contribution in [2.24, 2.45) is 0 Å². The third-order valence-electron chi connectivity index (χ3n) is 1.71. The van der Waals surface area contributed by atoms with Crippen LogP contribution in [0.25, 0.3) is 10.9 Å². The Bertz CT molecular complexity index is 402. The van der Waals surface area contributed by atoms with Gasteiger partial charge in [0.25, 0.3) is 0 Å². The predicted molar refractivity (Wildman–Crippen MR) is 43.6 cm³/mol. The van der Waals surface area contributed by atoms with Gasteiger partial charge in [0, 0.05) is 0 Å². The van der Waals surface area contributed by atoms with Crippen molar-refractivity contribution < 1.29 is 26.9 Å². The van der Waals surface area contributed by atoms with Crippen LogP contribution in [0.15, 0.2) is 36.4 Å². The van der Waals surface area contributed by atoms with Crippen molar-refractivity contribution in [2.45, 2.75) is 0 Å². The molecule has 2 aromatic rings. The Morgan fingerprint density at radius 2 is 1.92 bits per heavy atom. The Hall–Kier alpha value is -0.527. The summed E-state index contributed by atoms with van der Waals surface area (Å²) in [5.74, 6) is 0. The first kappa shape index (κ1) is 8.09.